The molecule has 0 atom stereocenters. The van der Waals surface area contributed by atoms with Crippen LogP contribution in [0.1, 0.15) is 0 Å². The molecule has 6 aromatic carbocycles. The summed E-state index contributed by atoms with van der Waals surface area (Å²) < 4.78 is 141. The smallest absolute Gasteiger partial charge is 0.166 e. The molecule has 0 radical (unpaired) electrons. The van der Waals surface area contributed by atoms with Crippen LogP contribution >= 0.6 is 27.4 Å². The first-order chi connectivity index (χ1) is 32.0. The molecule has 0 saturated heterocycles. The predicted octanol–water partition coefficient (Wildman–Crippen LogP) is 14.3. The molecule has 380 valence electrons. The van der Waals surface area contributed by atoms with Gasteiger partial charge in [-0.1, -0.05) is 11.8 Å². The van der Waals surface area contributed by atoms with Gasteiger partial charge in [0.2, 0.25) is 0 Å². The van der Waals surface area contributed by atoms with Gasteiger partial charge in [0.1, 0.15) is 49.4 Å². The molecule has 0 aliphatic heterocycles. The summed E-state index contributed by atoms with van der Waals surface area (Å²) in [6.45, 7) is 0.825. The average molecular weight is 1090 g/mol. The molecule has 0 aromatic heterocycles. The van der Waals surface area contributed by atoms with Gasteiger partial charge in [0, 0.05) is 9.79 Å². The molecule has 25 heteroatoms. The second-order valence-electron chi connectivity index (χ2n) is 13.7. The van der Waals surface area contributed by atoms with Crippen LogP contribution in [0.3, 0.4) is 0 Å². The van der Waals surface area contributed by atoms with Gasteiger partial charge in [-0.15, -0.1) is 0 Å². The van der Waals surface area contributed by atoms with Gasteiger partial charge in [-0.3, -0.25) is 0 Å². The Morgan fingerprint density at radius 1 is 0.304 bits per heavy atom. The molecule has 4 N–H and O–H groups in total. The normalized spacial score (nSPS) is 13.6. The van der Waals surface area contributed by atoms with Gasteiger partial charge >= 0.3 is 66.0 Å². The van der Waals surface area contributed by atoms with Crippen LogP contribution in [0.25, 0.3) is 0 Å². The van der Waals surface area contributed by atoms with Gasteiger partial charge < -0.3 is 39.4 Å². The van der Waals surface area contributed by atoms with Crippen LogP contribution in [0, 0.1) is 0 Å². The molecule has 0 aliphatic carbocycles. The number of aliphatic hydroxyl groups is 4. The van der Waals surface area contributed by atoms with Crippen molar-refractivity contribution in [1.82, 2.24) is 0 Å². The minimum absolute atomic E-state index is 0.0398. The third kappa shape index (κ3) is 24.2. The molecule has 0 fully saturated rings. The van der Waals surface area contributed by atoms with E-state index >= 15 is 0 Å². The van der Waals surface area contributed by atoms with E-state index in [0.717, 1.165) is 39.2 Å². The second kappa shape index (κ2) is 22.7. The van der Waals surface area contributed by atoms with E-state index in [1.54, 1.807) is 11.8 Å². The van der Waals surface area contributed by atoms with Gasteiger partial charge in [-0.05, 0) is 146 Å². The first-order valence-electron chi connectivity index (χ1n) is 19.8. The van der Waals surface area contributed by atoms with E-state index in [2.05, 4.69) is 97.1 Å². The van der Waals surface area contributed by atoms with Crippen molar-refractivity contribution < 1.29 is 89.7 Å². The Kier molecular flexibility index (Phi) is 18.7. The second-order valence-corrected chi connectivity index (χ2v) is 22.8. The van der Waals surface area contributed by atoms with E-state index < -0.39 is 37.4 Å². The van der Waals surface area contributed by atoms with Crippen molar-refractivity contribution in [3.05, 3.63) is 146 Å². The Morgan fingerprint density at radius 2 is 0.464 bits per heavy atom. The molecule has 0 saturated carbocycles. The molecule has 0 heterocycles. The van der Waals surface area contributed by atoms with Gasteiger partial charge in [-0.25, -0.2) is 0 Å². The first kappa shape index (κ1) is 57.0. The van der Waals surface area contributed by atoms with Crippen molar-refractivity contribution in [3.8, 4) is 23.0 Å². The standard InChI is InChI=1S/C44H44O8S3.2F6P/c45-25-29-49-33-1-13-39(14-2-33)54(40-15-3-34(4-16-40)50-30-26-46)43-21-9-37(10-22-43)53-38-11-23-44(24-12-38)55(41-17-5-35(6-18-41)51-31-27-47)42-19-7-36(8-20-42)52-32-28-48;2*1-7(2,3,4,5)6/h1-24,45-48H,25-32H2;;/q+2;2*-1. The summed E-state index contributed by atoms with van der Waals surface area (Å²) in [5, 5.41) is 36.7. The number of benzene rings is 6. The Labute approximate surface area is 398 Å². The Morgan fingerprint density at radius 3 is 0.623 bits per heavy atom. The predicted molar refractivity (Wildman–Crippen MR) is 245 cm³/mol. The van der Waals surface area contributed by atoms with E-state index in [-0.39, 0.29) is 52.9 Å². The minimum atomic E-state index is -10.7. The van der Waals surface area contributed by atoms with Crippen LogP contribution < -0.4 is 18.9 Å². The monoisotopic (exact) mass is 1090 g/mol. The van der Waals surface area contributed by atoms with E-state index in [9.17, 15) is 50.4 Å². The maximum absolute atomic E-state index is 10.7. The Balaban J connectivity index is 0.000000645. The van der Waals surface area contributed by atoms with Crippen molar-refractivity contribution in [2.24, 2.45) is 0 Å². The fourth-order valence-corrected chi connectivity index (χ4v) is 10.5. The average Bonchev–Trinajstić information content (AvgIpc) is 3.27. The molecular formula is C44H44F12O8P2S3. The Hall–Kier alpha value is -4.57. The first-order valence-corrected chi connectivity index (χ1v) is 27.1. The van der Waals surface area contributed by atoms with E-state index in [1.165, 1.54) is 0 Å². The van der Waals surface area contributed by atoms with E-state index in [4.69, 9.17) is 39.4 Å². The van der Waals surface area contributed by atoms with Crippen molar-refractivity contribution in [2.45, 2.75) is 39.2 Å². The van der Waals surface area contributed by atoms with E-state index in [0.29, 0.717) is 23.0 Å². The molecule has 6 aromatic rings. The number of aliphatic hydroxyl groups excluding tert-OH is 4. The van der Waals surface area contributed by atoms with Crippen LogP contribution in [-0.4, -0.2) is 73.3 Å². The quantitative estimate of drug-likeness (QED) is 0.0337. The SMILES string of the molecule is F[P-](F)(F)(F)(F)F.F[P-](F)(F)(F)(F)F.OCCOc1ccc([S+](c2ccc(OCCO)cc2)c2ccc(Sc3ccc([S+](c4ccc(OCCO)cc4)c4ccc(OCCO)cc4)cc3)cc2)cc1. The summed E-state index contributed by atoms with van der Waals surface area (Å²) in [7, 11) is -22.1. The molecular weight excluding hydrogens is 1040 g/mol. The topological polar surface area (TPSA) is 118 Å². The number of hydrogen-bond acceptors (Lipinski definition) is 9. The fourth-order valence-electron chi connectivity index (χ4n) is 5.58. The summed E-state index contributed by atoms with van der Waals surface area (Å²) in [5.74, 6) is 2.84. The molecule has 0 bridgehead atoms. The van der Waals surface area contributed by atoms with Crippen LogP contribution in [0.2, 0.25) is 0 Å². The summed E-state index contributed by atoms with van der Waals surface area (Å²) in [6, 6.07) is 49.5. The van der Waals surface area contributed by atoms with Crippen molar-refractivity contribution in [2.75, 3.05) is 52.9 Å². The van der Waals surface area contributed by atoms with Crippen LogP contribution in [0.5, 0.6) is 23.0 Å². The maximum atomic E-state index is 9.87. The molecule has 0 unspecified atom stereocenters. The van der Waals surface area contributed by atoms with Gasteiger partial charge in [0.25, 0.3) is 0 Å². The number of halogens is 12. The molecule has 69 heavy (non-hydrogen) atoms. The zero-order chi connectivity index (χ0) is 51.1. The van der Waals surface area contributed by atoms with Crippen molar-refractivity contribution >= 4 is 49.2 Å². The third-order valence-corrected chi connectivity index (χ3v) is 13.5. The van der Waals surface area contributed by atoms with Gasteiger partial charge in [0.05, 0.1) is 48.2 Å². The maximum Gasteiger partial charge on any atom is 0.166 e. The van der Waals surface area contributed by atoms with Crippen LogP contribution in [-0.2, 0) is 21.8 Å². The van der Waals surface area contributed by atoms with Crippen LogP contribution in [0.15, 0.2) is 185 Å². The summed E-state index contributed by atoms with van der Waals surface area (Å²) >= 11 is 1.71. The number of ether oxygens (including phenoxy) is 4. The minimum Gasteiger partial charge on any atom is -0.491 e. The third-order valence-electron chi connectivity index (χ3n) is 8.03. The van der Waals surface area contributed by atoms with Gasteiger partial charge in [0.15, 0.2) is 29.4 Å². The molecule has 0 aliphatic rings. The number of hydrogen-bond donors (Lipinski definition) is 4. The number of rotatable bonds is 20. The zero-order valence-electron chi connectivity index (χ0n) is 35.6. The molecule has 6 rings (SSSR count). The summed E-state index contributed by atoms with van der Waals surface area (Å²) in [4.78, 5) is 9.10. The fraction of sp³-hybridized carbons (Fsp3) is 0.182. The molecule has 0 amide bonds. The van der Waals surface area contributed by atoms with Crippen molar-refractivity contribution in [3.63, 3.8) is 0 Å². The summed E-state index contributed by atoms with van der Waals surface area (Å²) in [5.41, 5.74) is 0. The molecule has 8 nitrogen and oxygen atoms in total. The largest absolute Gasteiger partial charge is 0.491 e. The summed E-state index contributed by atoms with van der Waals surface area (Å²) in [6.07, 6.45) is 0. The van der Waals surface area contributed by atoms with Crippen molar-refractivity contribution in [1.29, 1.82) is 0 Å². The van der Waals surface area contributed by atoms with Crippen LogP contribution in [0.4, 0.5) is 50.4 Å². The van der Waals surface area contributed by atoms with Gasteiger partial charge in [-0.2, -0.15) is 0 Å². The Bertz CT molecular complexity index is 2200. The van der Waals surface area contributed by atoms with E-state index in [1.807, 2.05) is 48.5 Å². The molecule has 0 spiro atoms. The zero-order valence-corrected chi connectivity index (χ0v) is 39.8.